The number of halogens is 2. The van der Waals surface area contributed by atoms with E-state index in [1.807, 2.05) is 0 Å². The molecule has 0 bridgehead atoms. The maximum absolute atomic E-state index is 12.2. The van der Waals surface area contributed by atoms with Crippen LogP contribution in [0, 0.1) is 0 Å². The summed E-state index contributed by atoms with van der Waals surface area (Å²) < 4.78 is 27.2. The van der Waals surface area contributed by atoms with Crippen LogP contribution >= 0.6 is 27.5 Å². The monoisotopic (exact) mass is 356 g/mol. The van der Waals surface area contributed by atoms with E-state index in [-0.39, 0.29) is 10.0 Å². The normalized spacial score (nSPS) is 14.6. The Hall–Kier alpha value is -0.210. The first-order chi connectivity index (χ1) is 8.06. The number of aliphatic hydroxyl groups excluding tert-OH is 1. The smallest absolute Gasteiger partial charge is 0.244 e. The summed E-state index contributed by atoms with van der Waals surface area (Å²) in [6, 6.07) is 1.36. The molecule has 0 amide bonds. The predicted octanol–water partition coefficient (Wildman–Crippen LogP) is 1.94. The van der Waals surface area contributed by atoms with Crippen molar-refractivity contribution in [2.75, 3.05) is 0 Å². The van der Waals surface area contributed by atoms with Crippen LogP contribution in [0.1, 0.15) is 20.8 Å². The van der Waals surface area contributed by atoms with Crippen molar-refractivity contribution in [2.45, 2.75) is 37.3 Å². The van der Waals surface area contributed by atoms with Gasteiger partial charge in [-0.25, -0.2) is 18.1 Å². The van der Waals surface area contributed by atoms with E-state index in [2.05, 4.69) is 25.6 Å². The molecule has 0 saturated heterocycles. The average Bonchev–Trinajstić information content (AvgIpc) is 2.19. The maximum atomic E-state index is 12.2. The van der Waals surface area contributed by atoms with Crippen LogP contribution in [-0.2, 0) is 10.0 Å². The first kappa shape index (κ1) is 15.8. The number of aromatic nitrogens is 1. The lowest BCUT2D eigenvalue weighted by Crippen LogP contribution is -2.50. The van der Waals surface area contributed by atoms with Crippen LogP contribution in [0.3, 0.4) is 0 Å². The minimum atomic E-state index is -3.85. The number of nitrogens with one attached hydrogen (secondary N) is 1. The third-order valence-electron chi connectivity index (χ3n) is 2.50. The summed E-state index contributed by atoms with van der Waals surface area (Å²) in [6.45, 7) is 4.66. The lowest BCUT2D eigenvalue weighted by atomic mass is 10.0. The first-order valence-corrected chi connectivity index (χ1v) is 7.75. The van der Waals surface area contributed by atoms with E-state index in [0.717, 1.165) is 0 Å². The van der Waals surface area contributed by atoms with E-state index in [9.17, 15) is 13.5 Å². The summed E-state index contributed by atoms with van der Waals surface area (Å²) in [5, 5.41) is 9.41. The minimum Gasteiger partial charge on any atom is -0.391 e. The number of pyridine rings is 1. The van der Waals surface area contributed by atoms with Crippen molar-refractivity contribution in [1.29, 1.82) is 0 Å². The number of aliphatic hydroxyl groups is 1. The third kappa shape index (κ3) is 3.64. The lowest BCUT2D eigenvalue weighted by Gasteiger charge is -2.28. The summed E-state index contributed by atoms with van der Waals surface area (Å²) in [7, 11) is -3.85. The van der Waals surface area contributed by atoms with Gasteiger partial charge in [-0.3, -0.25) is 0 Å². The van der Waals surface area contributed by atoms with Crippen LogP contribution in [0.2, 0.25) is 5.15 Å². The van der Waals surface area contributed by atoms with Gasteiger partial charge in [0.15, 0.2) is 0 Å². The van der Waals surface area contributed by atoms with E-state index in [0.29, 0.717) is 4.47 Å². The van der Waals surface area contributed by atoms with Crippen molar-refractivity contribution in [3.8, 4) is 0 Å². The van der Waals surface area contributed by atoms with Gasteiger partial charge in [-0.2, -0.15) is 0 Å². The number of nitrogens with zero attached hydrogens (tertiary/aromatic N) is 1. The number of sulfonamides is 1. The molecular formula is C10H14BrClN2O3S. The van der Waals surface area contributed by atoms with Crippen LogP contribution in [-0.4, -0.2) is 30.2 Å². The van der Waals surface area contributed by atoms with Gasteiger partial charge in [0, 0.05) is 10.7 Å². The van der Waals surface area contributed by atoms with Gasteiger partial charge in [0.2, 0.25) is 10.0 Å². The quantitative estimate of drug-likeness (QED) is 0.807. The SMILES string of the molecule is CC(O)C(C)(C)NS(=O)(=O)c1cc(Br)cnc1Cl. The van der Waals surface area contributed by atoms with Crippen molar-refractivity contribution >= 4 is 37.6 Å². The van der Waals surface area contributed by atoms with Crippen LogP contribution in [0.5, 0.6) is 0 Å². The highest BCUT2D eigenvalue weighted by Gasteiger charge is 2.31. The number of rotatable bonds is 4. The summed E-state index contributed by atoms with van der Waals surface area (Å²) in [4.78, 5) is 3.62. The molecule has 1 atom stereocenters. The molecule has 18 heavy (non-hydrogen) atoms. The number of hydrogen-bond donors (Lipinski definition) is 2. The minimum absolute atomic E-state index is 0.118. The molecule has 0 spiro atoms. The maximum Gasteiger partial charge on any atom is 0.244 e. The molecule has 0 fully saturated rings. The molecule has 1 unspecified atom stereocenters. The van der Waals surface area contributed by atoms with E-state index in [4.69, 9.17) is 11.6 Å². The van der Waals surface area contributed by atoms with E-state index < -0.39 is 21.7 Å². The molecule has 1 heterocycles. The van der Waals surface area contributed by atoms with Crippen molar-refractivity contribution in [2.24, 2.45) is 0 Å². The predicted molar refractivity (Wildman–Crippen MR) is 73.0 cm³/mol. The molecule has 1 aromatic rings. The highest BCUT2D eigenvalue weighted by molar-refractivity contribution is 9.10. The Balaban J connectivity index is 3.19. The molecule has 1 rings (SSSR count). The molecule has 0 aliphatic carbocycles. The first-order valence-electron chi connectivity index (χ1n) is 5.09. The van der Waals surface area contributed by atoms with Crippen molar-refractivity contribution in [3.05, 3.63) is 21.9 Å². The Labute approximate surface area is 120 Å². The zero-order chi connectivity index (χ0) is 14.1. The third-order valence-corrected chi connectivity index (χ3v) is 5.04. The van der Waals surface area contributed by atoms with E-state index in [1.165, 1.54) is 19.2 Å². The Morgan fingerprint density at radius 1 is 1.56 bits per heavy atom. The Morgan fingerprint density at radius 2 is 2.11 bits per heavy atom. The van der Waals surface area contributed by atoms with Crippen LogP contribution in [0.25, 0.3) is 0 Å². The van der Waals surface area contributed by atoms with Crippen molar-refractivity contribution in [3.63, 3.8) is 0 Å². The Kier molecular flexibility index (Phi) is 4.77. The molecule has 0 radical (unpaired) electrons. The second-order valence-electron chi connectivity index (χ2n) is 4.45. The molecule has 2 N–H and O–H groups in total. The fourth-order valence-corrected chi connectivity index (χ4v) is 3.50. The molecule has 0 saturated carbocycles. The van der Waals surface area contributed by atoms with Gasteiger partial charge in [0.25, 0.3) is 0 Å². The highest BCUT2D eigenvalue weighted by atomic mass is 79.9. The molecule has 102 valence electrons. The average molecular weight is 358 g/mol. The van der Waals surface area contributed by atoms with Crippen LogP contribution in [0.15, 0.2) is 21.6 Å². The summed E-state index contributed by atoms with van der Waals surface area (Å²) >= 11 is 8.91. The molecule has 0 aliphatic rings. The van der Waals surface area contributed by atoms with E-state index >= 15 is 0 Å². The van der Waals surface area contributed by atoms with Gasteiger partial charge < -0.3 is 5.11 Å². The van der Waals surface area contributed by atoms with Gasteiger partial charge in [0.05, 0.1) is 11.6 Å². The van der Waals surface area contributed by atoms with Crippen LogP contribution in [0.4, 0.5) is 0 Å². The molecular weight excluding hydrogens is 344 g/mol. The molecule has 0 aromatic carbocycles. The standard InChI is InChI=1S/C10H14BrClN2O3S/c1-6(15)10(2,3)14-18(16,17)8-4-7(11)5-13-9(8)12/h4-6,14-15H,1-3H3. The molecule has 0 aliphatic heterocycles. The van der Waals surface area contributed by atoms with Crippen LogP contribution < -0.4 is 4.72 Å². The van der Waals surface area contributed by atoms with Crippen molar-refractivity contribution < 1.29 is 13.5 Å². The fraction of sp³-hybridized carbons (Fsp3) is 0.500. The van der Waals surface area contributed by atoms with E-state index in [1.54, 1.807) is 13.8 Å². The van der Waals surface area contributed by atoms with Gasteiger partial charge in [-0.05, 0) is 42.8 Å². The Bertz CT molecular complexity index is 546. The number of hydrogen-bond acceptors (Lipinski definition) is 4. The Morgan fingerprint density at radius 3 is 2.61 bits per heavy atom. The van der Waals surface area contributed by atoms with Gasteiger partial charge >= 0.3 is 0 Å². The highest BCUT2D eigenvalue weighted by Crippen LogP contribution is 2.24. The topological polar surface area (TPSA) is 79.3 Å². The zero-order valence-electron chi connectivity index (χ0n) is 10.1. The van der Waals surface area contributed by atoms with Gasteiger partial charge in [0.1, 0.15) is 10.0 Å². The summed E-state index contributed by atoms with van der Waals surface area (Å²) in [5.41, 5.74) is -1.01. The second-order valence-corrected chi connectivity index (χ2v) is 7.37. The summed E-state index contributed by atoms with van der Waals surface area (Å²) in [5.74, 6) is 0. The molecule has 5 nitrogen and oxygen atoms in total. The summed E-state index contributed by atoms with van der Waals surface area (Å²) in [6.07, 6.45) is 0.549. The second kappa shape index (κ2) is 5.42. The van der Waals surface area contributed by atoms with Gasteiger partial charge in [-0.15, -0.1) is 0 Å². The molecule has 1 aromatic heterocycles. The fourth-order valence-electron chi connectivity index (χ4n) is 1.08. The van der Waals surface area contributed by atoms with Crippen molar-refractivity contribution in [1.82, 2.24) is 9.71 Å². The lowest BCUT2D eigenvalue weighted by molar-refractivity contribution is 0.111. The largest absolute Gasteiger partial charge is 0.391 e. The zero-order valence-corrected chi connectivity index (χ0v) is 13.3. The van der Waals surface area contributed by atoms with Gasteiger partial charge in [-0.1, -0.05) is 11.6 Å². The molecule has 8 heteroatoms.